The number of H-pyrrole nitrogens is 1. The van der Waals surface area contributed by atoms with E-state index in [9.17, 15) is 4.39 Å². The molecule has 1 N–H and O–H groups in total. The molecule has 0 aliphatic rings. The number of ether oxygens (including phenoxy) is 1. The van der Waals surface area contributed by atoms with E-state index in [1.54, 1.807) is 17.4 Å². The van der Waals surface area contributed by atoms with Crippen molar-refractivity contribution >= 4 is 11.3 Å². The first-order valence-corrected chi connectivity index (χ1v) is 7.83. The number of nitrogens with one attached hydrogen (secondary N) is 1. The average Bonchev–Trinajstić information content (AvgIpc) is 2.99. The normalized spacial score (nSPS) is 10.0. The minimum atomic E-state index is -0.327. The first kappa shape index (κ1) is 15.2. The van der Waals surface area contributed by atoms with Gasteiger partial charge in [-0.25, -0.2) is 14.4 Å². The summed E-state index contributed by atoms with van der Waals surface area (Å²) in [7, 11) is 1.52. The zero-order chi connectivity index (χ0) is 16.2. The van der Waals surface area contributed by atoms with Crippen LogP contribution in [0.3, 0.4) is 0 Å². The molecular formula is C18H14FN2OS+. The molecule has 0 aliphatic carbocycles. The SMILES string of the molecule is COc1cc(F)ccc1-c1ccc(C#Cc2csc(C)n2)c[nH+]1. The Morgan fingerprint density at radius 1 is 1.22 bits per heavy atom. The number of aromatic nitrogens is 2. The van der Waals surface area contributed by atoms with E-state index in [0.29, 0.717) is 5.75 Å². The molecule has 3 aromatic rings. The lowest BCUT2D eigenvalue weighted by Gasteiger charge is -2.04. The second-order valence-corrected chi connectivity index (χ2v) is 5.90. The summed E-state index contributed by atoms with van der Waals surface area (Å²) in [5.74, 6) is 6.25. The van der Waals surface area contributed by atoms with Crippen LogP contribution in [-0.2, 0) is 0 Å². The number of halogens is 1. The summed E-state index contributed by atoms with van der Waals surface area (Å²) in [6.45, 7) is 1.95. The highest BCUT2D eigenvalue weighted by molar-refractivity contribution is 7.09. The molecule has 23 heavy (non-hydrogen) atoms. The third-order valence-corrected chi connectivity index (χ3v) is 3.99. The Bertz CT molecular complexity index is 891. The maximum absolute atomic E-state index is 13.3. The summed E-state index contributed by atoms with van der Waals surface area (Å²) in [4.78, 5) is 7.47. The summed E-state index contributed by atoms with van der Waals surface area (Å²) in [6, 6.07) is 8.25. The number of hydrogen-bond donors (Lipinski definition) is 0. The first-order chi connectivity index (χ1) is 11.2. The molecule has 0 saturated carbocycles. The van der Waals surface area contributed by atoms with Crippen molar-refractivity contribution in [2.45, 2.75) is 6.92 Å². The molecule has 114 valence electrons. The van der Waals surface area contributed by atoms with E-state index in [4.69, 9.17) is 4.74 Å². The molecule has 0 bridgehead atoms. The van der Waals surface area contributed by atoms with Gasteiger partial charge in [0, 0.05) is 17.5 Å². The highest BCUT2D eigenvalue weighted by Crippen LogP contribution is 2.27. The highest BCUT2D eigenvalue weighted by Gasteiger charge is 2.12. The second kappa shape index (κ2) is 6.59. The number of aromatic amines is 1. The molecule has 0 saturated heterocycles. The Labute approximate surface area is 137 Å². The molecule has 0 radical (unpaired) electrons. The molecule has 0 atom stereocenters. The van der Waals surface area contributed by atoms with Crippen LogP contribution in [0, 0.1) is 24.6 Å². The fraction of sp³-hybridized carbons (Fsp3) is 0.111. The third-order valence-electron chi connectivity index (χ3n) is 3.22. The fourth-order valence-corrected chi connectivity index (χ4v) is 2.66. The zero-order valence-corrected chi connectivity index (χ0v) is 13.5. The van der Waals surface area contributed by atoms with Gasteiger partial charge in [0.25, 0.3) is 0 Å². The van der Waals surface area contributed by atoms with Gasteiger partial charge in [-0.1, -0.05) is 5.92 Å². The fourth-order valence-electron chi connectivity index (χ4n) is 2.11. The van der Waals surface area contributed by atoms with Gasteiger partial charge in [-0.2, -0.15) is 0 Å². The van der Waals surface area contributed by atoms with Crippen molar-refractivity contribution in [1.82, 2.24) is 4.98 Å². The van der Waals surface area contributed by atoms with Crippen LogP contribution in [-0.4, -0.2) is 12.1 Å². The van der Waals surface area contributed by atoms with Crippen LogP contribution in [0.4, 0.5) is 4.39 Å². The molecular weight excluding hydrogens is 311 g/mol. The minimum absolute atomic E-state index is 0.327. The Balaban J connectivity index is 1.87. The lowest BCUT2D eigenvalue weighted by atomic mass is 10.1. The summed E-state index contributed by atoms with van der Waals surface area (Å²) in [5, 5.41) is 2.93. The Hall–Kier alpha value is -2.71. The van der Waals surface area contributed by atoms with Crippen LogP contribution >= 0.6 is 11.3 Å². The van der Waals surface area contributed by atoms with E-state index in [1.165, 1.54) is 19.2 Å². The van der Waals surface area contributed by atoms with E-state index in [-0.39, 0.29) is 5.82 Å². The minimum Gasteiger partial charge on any atom is -0.496 e. The standard InChI is InChI=1S/C18H13FN2OS/c1-12-21-15(11-23-12)6-3-13-4-8-17(20-10-13)16-7-5-14(19)9-18(16)22-2/h4-5,7-11H,1-2H3/p+1. The molecule has 2 heterocycles. The predicted octanol–water partition coefficient (Wildman–Crippen LogP) is 3.48. The highest BCUT2D eigenvalue weighted by atomic mass is 32.1. The summed E-state index contributed by atoms with van der Waals surface area (Å²) >= 11 is 1.58. The average molecular weight is 325 g/mol. The second-order valence-electron chi connectivity index (χ2n) is 4.84. The Morgan fingerprint density at radius 3 is 2.74 bits per heavy atom. The number of methoxy groups -OCH3 is 1. The van der Waals surface area contributed by atoms with Gasteiger partial charge >= 0.3 is 0 Å². The molecule has 3 rings (SSSR count). The van der Waals surface area contributed by atoms with Crippen LogP contribution in [0.1, 0.15) is 16.3 Å². The van der Waals surface area contributed by atoms with Crippen molar-refractivity contribution in [3.8, 4) is 28.8 Å². The van der Waals surface area contributed by atoms with Crippen molar-refractivity contribution < 1.29 is 14.1 Å². The van der Waals surface area contributed by atoms with Crippen LogP contribution < -0.4 is 9.72 Å². The molecule has 0 fully saturated rings. The predicted molar refractivity (Wildman–Crippen MR) is 87.8 cm³/mol. The number of hydrogen-bond acceptors (Lipinski definition) is 3. The summed E-state index contributed by atoms with van der Waals surface area (Å²) in [6.07, 6.45) is 1.81. The van der Waals surface area contributed by atoms with Gasteiger partial charge in [0.1, 0.15) is 17.3 Å². The lowest BCUT2D eigenvalue weighted by molar-refractivity contribution is -0.364. The molecule has 2 aromatic heterocycles. The summed E-state index contributed by atoms with van der Waals surface area (Å²) in [5.41, 5.74) is 3.25. The number of rotatable bonds is 2. The number of nitrogens with zero attached hydrogens (tertiary/aromatic N) is 1. The molecule has 0 unspecified atom stereocenters. The van der Waals surface area contributed by atoms with E-state index in [1.807, 2.05) is 30.6 Å². The molecule has 0 aliphatic heterocycles. The van der Waals surface area contributed by atoms with Gasteiger partial charge in [0.15, 0.2) is 6.20 Å². The quantitative estimate of drug-likeness (QED) is 0.676. The molecule has 5 heteroatoms. The number of aryl methyl sites for hydroxylation is 1. The van der Waals surface area contributed by atoms with Crippen molar-refractivity contribution in [3.05, 3.63) is 64.0 Å². The van der Waals surface area contributed by atoms with E-state index in [2.05, 4.69) is 21.8 Å². The topological polar surface area (TPSA) is 36.3 Å². The van der Waals surface area contributed by atoms with E-state index < -0.39 is 0 Å². The van der Waals surface area contributed by atoms with Crippen molar-refractivity contribution in [2.75, 3.05) is 7.11 Å². The number of thiazole rings is 1. The number of benzene rings is 1. The van der Waals surface area contributed by atoms with Gasteiger partial charge in [-0.15, -0.1) is 11.3 Å². The third kappa shape index (κ3) is 3.55. The molecule has 0 spiro atoms. The monoisotopic (exact) mass is 325 g/mol. The summed E-state index contributed by atoms with van der Waals surface area (Å²) < 4.78 is 18.5. The number of pyridine rings is 1. The Kier molecular flexibility index (Phi) is 4.35. The first-order valence-electron chi connectivity index (χ1n) is 6.95. The van der Waals surface area contributed by atoms with E-state index >= 15 is 0 Å². The lowest BCUT2D eigenvalue weighted by Crippen LogP contribution is -2.07. The largest absolute Gasteiger partial charge is 0.496 e. The maximum atomic E-state index is 13.3. The molecule has 1 aromatic carbocycles. The van der Waals surface area contributed by atoms with Gasteiger partial charge < -0.3 is 4.74 Å². The zero-order valence-electron chi connectivity index (χ0n) is 12.7. The molecule has 3 nitrogen and oxygen atoms in total. The Morgan fingerprint density at radius 2 is 2.09 bits per heavy atom. The van der Waals surface area contributed by atoms with Crippen molar-refractivity contribution in [2.24, 2.45) is 0 Å². The molecule has 0 amide bonds. The van der Waals surface area contributed by atoms with Gasteiger partial charge in [-0.3, -0.25) is 0 Å². The van der Waals surface area contributed by atoms with Crippen LogP contribution in [0.15, 0.2) is 41.9 Å². The smallest absolute Gasteiger partial charge is 0.214 e. The van der Waals surface area contributed by atoms with Crippen LogP contribution in [0.2, 0.25) is 0 Å². The van der Waals surface area contributed by atoms with E-state index in [0.717, 1.165) is 27.5 Å². The van der Waals surface area contributed by atoms with Gasteiger partial charge in [0.05, 0.1) is 23.2 Å². The van der Waals surface area contributed by atoms with Crippen LogP contribution in [0.25, 0.3) is 11.3 Å². The van der Waals surface area contributed by atoms with Crippen LogP contribution in [0.5, 0.6) is 5.75 Å². The van der Waals surface area contributed by atoms with Gasteiger partial charge in [-0.05, 0) is 31.0 Å². The van der Waals surface area contributed by atoms with Crippen molar-refractivity contribution in [1.29, 1.82) is 0 Å². The van der Waals surface area contributed by atoms with Crippen molar-refractivity contribution in [3.63, 3.8) is 0 Å². The van der Waals surface area contributed by atoms with Gasteiger partial charge in [0.2, 0.25) is 5.69 Å². The maximum Gasteiger partial charge on any atom is 0.214 e.